The lowest BCUT2D eigenvalue weighted by Crippen LogP contribution is -2.03. The molecule has 1 N–H and O–H groups in total. The summed E-state index contributed by atoms with van der Waals surface area (Å²) in [4.78, 5) is 24.1. The van der Waals surface area contributed by atoms with Crippen LogP contribution in [0.1, 0.15) is 11.5 Å². The molecule has 4 heterocycles. The van der Waals surface area contributed by atoms with Crippen LogP contribution in [-0.2, 0) is 0 Å². The van der Waals surface area contributed by atoms with E-state index in [1.165, 1.54) is 6.07 Å². The van der Waals surface area contributed by atoms with Crippen LogP contribution in [-0.4, -0.2) is 15.0 Å². The Bertz CT molecular complexity index is 1140. The van der Waals surface area contributed by atoms with Crippen LogP contribution >= 0.6 is 11.6 Å². The number of fused-ring (bicyclic) bond motifs is 1. The fourth-order valence-electron chi connectivity index (χ4n) is 2.85. The molecule has 6 heteroatoms. The molecule has 0 aliphatic heterocycles. The number of halogens is 1. The van der Waals surface area contributed by atoms with Crippen LogP contribution in [0.25, 0.3) is 33.6 Å². The van der Waals surface area contributed by atoms with E-state index in [0.29, 0.717) is 27.6 Å². The minimum Gasteiger partial charge on any atom is -0.460 e. The summed E-state index contributed by atoms with van der Waals surface area (Å²) >= 11 is 6.13. The van der Waals surface area contributed by atoms with Gasteiger partial charge in [-0.1, -0.05) is 11.6 Å². The third-order valence-corrected chi connectivity index (χ3v) is 4.14. The highest BCUT2D eigenvalue weighted by Gasteiger charge is 2.16. The molecule has 4 aromatic heterocycles. The van der Waals surface area contributed by atoms with Crippen LogP contribution in [0.3, 0.4) is 0 Å². The van der Waals surface area contributed by atoms with E-state index in [1.807, 2.05) is 38.1 Å². The zero-order valence-electron chi connectivity index (χ0n) is 13.6. The van der Waals surface area contributed by atoms with Gasteiger partial charge in [0.2, 0.25) is 0 Å². The Morgan fingerprint density at radius 3 is 2.64 bits per heavy atom. The highest BCUT2D eigenvalue weighted by Crippen LogP contribution is 2.34. The molecule has 0 saturated heterocycles. The lowest BCUT2D eigenvalue weighted by atomic mass is 10.0. The van der Waals surface area contributed by atoms with Crippen LogP contribution in [0.5, 0.6) is 0 Å². The van der Waals surface area contributed by atoms with Crippen molar-refractivity contribution in [2.75, 3.05) is 0 Å². The number of aromatic amines is 1. The Kier molecular flexibility index (Phi) is 3.66. The zero-order chi connectivity index (χ0) is 17.6. The highest BCUT2D eigenvalue weighted by atomic mass is 35.5. The van der Waals surface area contributed by atoms with Crippen molar-refractivity contribution in [1.29, 1.82) is 0 Å². The van der Waals surface area contributed by atoms with Crippen LogP contribution in [0.4, 0.5) is 0 Å². The summed E-state index contributed by atoms with van der Waals surface area (Å²) in [5, 5.41) is 0.897. The topological polar surface area (TPSA) is 71.8 Å². The molecule has 0 atom stereocenters. The number of pyridine rings is 3. The summed E-state index contributed by atoms with van der Waals surface area (Å²) in [6.45, 7) is 3.74. The van der Waals surface area contributed by atoms with E-state index in [9.17, 15) is 4.79 Å². The number of H-pyrrole nitrogens is 1. The molecule has 0 radical (unpaired) electrons. The number of hydrogen-bond acceptors (Lipinski definition) is 4. The van der Waals surface area contributed by atoms with E-state index >= 15 is 0 Å². The SMILES string of the molecule is Cc1cc(-c2cc3c(=O)cc[nH]c3nc2-c2ccc(C)o2)cc(Cl)n1. The van der Waals surface area contributed by atoms with Gasteiger partial charge in [-0.2, -0.15) is 0 Å². The summed E-state index contributed by atoms with van der Waals surface area (Å²) in [5.74, 6) is 1.41. The minimum absolute atomic E-state index is 0.0958. The fraction of sp³-hybridized carbons (Fsp3) is 0.105. The molecule has 0 aromatic carbocycles. The van der Waals surface area contributed by atoms with Gasteiger partial charge in [0, 0.05) is 23.5 Å². The first-order valence-electron chi connectivity index (χ1n) is 7.75. The molecule has 124 valence electrons. The fourth-order valence-corrected chi connectivity index (χ4v) is 3.10. The second-order valence-corrected chi connectivity index (χ2v) is 6.24. The van der Waals surface area contributed by atoms with Crippen molar-refractivity contribution in [3.63, 3.8) is 0 Å². The van der Waals surface area contributed by atoms with E-state index in [0.717, 1.165) is 22.6 Å². The molecule has 0 aliphatic rings. The van der Waals surface area contributed by atoms with Gasteiger partial charge in [0.05, 0.1) is 5.39 Å². The first kappa shape index (κ1) is 15.6. The maximum absolute atomic E-state index is 12.2. The van der Waals surface area contributed by atoms with Crippen LogP contribution in [0.2, 0.25) is 5.15 Å². The average Bonchev–Trinajstić information content (AvgIpc) is 2.99. The number of aromatic nitrogens is 3. The first-order valence-corrected chi connectivity index (χ1v) is 8.13. The molecule has 0 saturated carbocycles. The summed E-state index contributed by atoms with van der Waals surface area (Å²) in [5.41, 5.74) is 3.44. The van der Waals surface area contributed by atoms with Crippen molar-refractivity contribution in [2.45, 2.75) is 13.8 Å². The van der Waals surface area contributed by atoms with Crippen LogP contribution in [0, 0.1) is 13.8 Å². The van der Waals surface area contributed by atoms with E-state index in [1.54, 1.807) is 12.3 Å². The van der Waals surface area contributed by atoms with Gasteiger partial charge in [-0.15, -0.1) is 0 Å². The number of aryl methyl sites for hydroxylation is 2. The Morgan fingerprint density at radius 1 is 1.08 bits per heavy atom. The molecule has 0 amide bonds. The first-order chi connectivity index (χ1) is 12.0. The Morgan fingerprint density at radius 2 is 1.92 bits per heavy atom. The maximum atomic E-state index is 12.2. The van der Waals surface area contributed by atoms with Gasteiger partial charge in [-0.3, -0.25) is 4.79 Å². The van der Waals surface area contributed by atoms with Crippen molar-refractivity contribution in [2.24, 2.45) is 0 Å². The molecule has 0 fully saturated rings. The van der Waals surface area contributed by atoms with Gasteiger partial charge >= 0.3 is 0 Å². The van der Waals surface area contributed by atoms with Gasteiger partial charge in [0.25, 0.3) is 0 Å². The molecule has 0 unspecified atom stereocenters. The predicted molar refractivity (Wildman–Crippen MR) is 97.8 cm³/mol. The van der Waals surface area contributed by atoms with Crippen molar-refractivity contribution < 1.29 is 4.42 Å². The minimum atomic E-state index is -0.0958. The molecule has 4 rings (SSSR count). The number of hydrogen-bond donors (Lipinski definition) is 1. The van der Waals surface area contributed by atoms with Gasteiger partial charge in [0.15, 0.2) is 11.2 Å². The molecule has 0 bridgehead atoms. The Hall–Kier alpha value is -2.92. The Balaban J connectivity index is 2.09. The van der Waals surface area contributed by atoms with Crippen molar-refractivity contribution in [3.8, 4) is 22.6 Å². The van der Waals surface area contributed by atoms with Crippen molar-refractivity contribution >= 4 is 22.6 Å². The van der Waals surface area contributed by atoms with Crippen LogP contribution < -0.4 is 5.43 Å². The lowest BCUT2D eigenvalue weighted by Gasteiger charge is -2.10. The number of rotatable bonds is 2. The lowest BCUT2D eigenvalue weighted by molar-refractivity contribution is 0.547. The monoisotopic (exact) mass is 351 g/mol. The van der Waals surface area contributed by atoms with E-state index < -0.39 is 0 Å². The average molecular weight is 352 g/mol. The zero-order valence-corrected chi connectivity index (χ0v) is 14.4. The van der Waals surface area contributed by atoms with Gasteiger partial charge in [0.1, 0.15) is 22.3 Å². The van der Waals surface area contributed by atoms with Gasteiger partial charge in [-0.05, 0) is 49.7 Å². The summed E-state index contributed by atoms with van der Waals surface area (Å²) < 4.78 is 5.77. The van der Waals surface area contributed by atoms with E-state index in [2.05, 4.69) is 15.0 Å². The number of furan rings is 1. The van der Waals surface area contributed by atoms with E-state index in [4.69, 9.17) is 16.0 Å². The third kappa shape index (κ3) is 2.83. The van der Waals surface area contributed by atoms with Crippen LogP contribution in [0.15, 0.2) is 51.8 Å². The molecule has 5 nitrogen and oxygen atoms in total. The molecule has 25 heavy (non-hydrogen) atoms. The summed E-state index contributed by atoms with van der Waals surface area (Å²) in [7, 11) is 0. The van der Waals surface area contributed by atoms with Gasteiger partial charge < -0.3 is 9.40 Å². The van der Waals surface area contributed by atoms with Crippen molar-refractivity contribution in [3.05, 3.63) is 69.4 Å². The highest BCUT2D eigenvalue weighted by molar-refractivity contribution is 6.29. The third-order valence-electron chi connectivity index (χ3n) is 3.95. The number of nitrogens with one attached hydrogen (secondary N) is 1. The summed E-state index contributed by atoms with van der Waals surface area (Å²) in [6.07, 6.45) is 1.59. The smallest absolute Gasteiger partial charge is 0.191 e. The molecule has 0 spiro atoms. The largest absolute Gasteiger partial charge is 0.460 e. The predicted octanol–water partition coefficient (Wildman–Crippen LogP) is 4.52. The molecule has 4 aromatic rings. The van der Waals surface area contributed by atoms with Crippen molar-refractivity contribution in [1.82, 2.24) is 15.0 Å². The second-order valence-electron chi connectivity index (χ2n) is 5.85. The molecular formula is C19H14ClN3O2. The maximum Gasteiger partial charge on any atom is 0.191 e. The molecule has 0 aliphatic carbocycles. The Labute approximate surface area is 148 Å². The van der Waals surface area contributed by atoms with E-state index in [-0.39, 0.29) is 5.43 Å². The quantitative estimate of drug-likeness (QED) is 0.539. The summed E-state index contributed by atoms with van der Waals surface area (Å²) in [6, 6.07) is 10.7. The molecular weight excluding hydrogens is 338 g/mol. The second kappa shape index (κ2) is 5.86. The standard InChI is InChI=1S/C19H14ClN3O2/c1-10-7-12(8-17(20)22-10)13-9-14-15(24)5-6-21-19(14)23-18(13)16-4-3-11(2)25-16/h3-9H,1-2H3,(H,21,23,24). The number of nitrogens with zero attached hydrogens (tertiary/aromatic N) is 2. The normalized spacial score (nSPS) is 11.2. The van der Waals surface area contributed by atoms with Gasteiger partial charge in [-0.25, -0.2) is 9.97 Å².